The Bertz CT molecular complexity index is 1750. The zero-order chi connectivity index (χ0) is 37.6. The van der Waals surface area contributed by atoms with Crippen LogP contribution in [0.1, 0.15) is 89.2 Å². The normalized spacial score (nSPS) is 32.4. The molecule has 3 fully saturated rings. The Hall–Kier alpha value is -4.42. The molecule has 9 atom stereocenters. The molecule has 2 aromatic rings. The van der Waals surface area contributed by atoms with Crippen molar-refractivity contribution in [2.75, 3.05) is 13.7 Å². The van der Waals surface area contributed by atoms with Crippen LogP contribution in [0.2, 0.25) is 0 Å². The van der Waals surface area contributed by atoms with Crippen LogP contribution >= 0.6 is 0 Å². The summed E-state index contributed by atoms with van der Waals surface area (Å²) < 4.78 is 31.6. The number of hydrogen-bond acceptors (Lipinski definition) is 12. The first-order chi connectivity index (χ1) is 24.6. The Labute approximate surface area is 304 Å². The molecule has 1 aromatic carbocycles. The molecule has 4 aliphatic rings. The van der Waals surface area contributed by atoms with E-state index >= 15 is 0 Å². The number of fused-ring (bicyclic) bond motifs is 4. The maximum absolute atomic E-state index is 14.0. The quantitative estimate of drug-likeness (QED) is 0.214. The molecule has 1 saturated heterocycles. The van der Waals surface area contributed by atoms with Crippen molar-refractivity contribution >= 4 is 29.7 Å². The smallest absolute Gasteiger partial charge is 0.340 e. The number of aromatic nitrogens is 1. The minimum Gasteiger partial charge on any atom is -0.462 e. The van der Waals surface area contributed by atoms with E-state index in [1.807, 2.05) is 51.1 Å². The molecule has 2 saturated carbocycles. The van der Waals surface area contributed by atoms with E-state index in [0.29, 0.717) is 24.0 Å². The van der Waals surface area contributed by atoms with Crippen LogP contribution in [0.5, 0.6) is 0 Å². The first kappa shape index (κ1) is 37.3. The Balaban J connectivity index is 1.48. The molecule has 1 aromatic heterocycles. The summed E-state index contributed by atoms with van der Waals surface area (Å²) in [7, 11) is 1.78. The van der Waals surface area contributed by atoms with Gasteiger partial charge in [0.15, 0.2) is 11.9 Å². The molecule has 278 valence electrons. The molecule has 1 aliphatic heterocycles. The maximum Gasteiger partial charge on any atom is 0.340 e. The molecule has 3 aliphatic carbocycles. The molecule has 0 radical (unpaired) electrons. The van der Waals surface area contributed by atoms with Crippen molar-refractivity contribution in [1.82, 2.24) is 10.3 Å². The van der Waals surface area contributed by atoms with Gasteiger partial charge >= 0.3 is 23.9 Å². The third-order valence-corrected chi connectivity index (χ3v) is 11.9. The Morgan fingerprint density at radius 3 is 2.27 bits per heavy atom. The lowest BCUT2D eigenvalue weighted by Gasteiger charge is -2.60. The van der Waals surface area contributed by atoms with Gasteiger partial charge in [0.05, 0.1) is 18.6 Å². The van der Waals surface area contributed by atoms with Gasteiger partial charge in [0.2, 0.25) is 0 Å². The molecule has 52 heavy (non-hydrogen) atoms. The highest BCUT2D eigenvalue weighted by molar-refractivity contribution is 5.97. The molecule has 2 heterocycles. The molecule has 0 amide bonds. The number of ketones is 1. The average Bonchev–Trinajstić information content (AvgIpc) is 3.89. The van der Waals surface area contributed by atoms with Gasteiger partial charge in [0.25, 0.3) is 0 Å². The number of allylic oxidation sites excluding steroid dienone is 1. The van der Waals surface area contributed by atoms with Crippen molar-refractivity contribution in [2.45, 2.75) is 103 Å². The number of Topliss-reactive ketones (excluding diaryl/α,β-unsaturated/α-hetero) is 1. The fourth-order valence-corrected chi connectivity index (χ4v) is 9.41. The number of carbonyl (C=O) groups is 5. The van der Waals surface area contributed by atoms with Gasteiger partial charge in [0.1, 0.15) is 23.9 Å². The monoisotopic (exact) mass is 716 g/mol. The predicted molar refractivity (Wildman–Crippen MR) is 186 cm³/mol. The van der Waals surface area contributed by atoms with E-state index in [4.69, 9.17) is 23.7 Å². The standard InChI is InChI=1S/C40H48N2O10/c1-22-29(45)18-27-33(49-23(2)43)35-39(6,16-15-30(40(35)21-48-40)51-31(46)19-28(41-7)25-12-9-8-10-13-25)36(52-37(47)26-14-11-17-42-20-26)34(50-24(3)44)32(22)38(27,4)5/h8-14,17,20,27-28,30,33-36,41H,15-16,18-19,21H2,1-7H3/t27-,28+,30-,33+,34+,35-,36-,39+,40+/m0/s1. The third-order valence-electron chi connectivity index (χ3n) is 11.9. The SMILES string of the molecule is CN[C@H](CC(=O)O[C@H]1CC[C@@]2(C)[C@@H](OC(=O)c3cccnc3)[C@H](OC(C)=O)C3=C(C)C(=O)C[C@@H]([C@@H](OC(C)=O)[C@@H]2[C@@]12CO2)C3(C)C)c1ccccc1. The number of rotatable bonds is 9. The van der Waals surface area contributed by atoms with Crippen LogP contribution in [-0.2, 0) is 42.9 Å². The molecule has 1 N–H and O–H groups in total. The largest absolute Gasteiger partial charge is 0.462 e. The average molecular weight is 717 g/mol. The number of hydrogen-bond donors (Lipinski definition) is 1. The molecule has 2 bridgehead atoms. The highest BCUT2D eigenvalue weighted by Gasteiger charge is 2.74. The van der Waals surface area contributed by atoms with Crippen molar-refractivity contribution in [3.63, 3.8) is 0 Å². The highest BCUT2D eigenvalue weighted by atomic mass is 16.6. The minimum atomic E-state index is -1.17. The second kappa shape index (κ2) is 14.2. The van der Waals surface area contributed by atoms with Crippen LogP contribution in [0.3, 0.4) is 0 Å². The van der Waals surface area contributed by atoms with E-state index < -0.39 is 76.6 Å². The van der Waals surface area contributed by atoms with Crippen molar-refractivity contribution in [2.24, 2.45) is 22.7 Å². The molecule has 1 spiro atoms. The topological polar surface area (TPSA) is 160 Å². The fourth-order valence-electron chi connectivity index (χ4n) is 9.41. The van der Waals surface area contributed by atoms with Crippen LogP contribution in [0, 0.1) is 22.7 Å². The van der Waals surface area contributed by atoms with Gasteiger partial charge < -0.3 is 29.0 Å². The van der Waals surface area contributed by atoms with Crippen molar-refractivity contribution < 1.29 is 47.7 Å². The van der Waals surface area contributed by atoms with Gasteiger partial charge in [-0.05, 0) is 61.1 Å². The van der Waals surface area contributed by atoms with E-state index in [-0.39, 0.29) is 36.8 Å². The summed E-state index contributed by atoms with van der Waals surface area (Å²) in [5.41, 5.74) is -1.09. The summed E-state index contributed by atoms with van der Waals surface area (Å²) in [6, 6.07) is 12.5. The Morgan fingerprint density at radius 2 is 1.67 bits per heavy atom. The number of nitrogens with one attached hydrogen (secondary N) is 1. The minimum absolute atomic E-state index is 0.0554. The van der Waals surface area contributed by atoms with Gasteiger partial charge in [-0.1, -0.05) is 51.1 Å². The van der Waals surface area contributed by atoms with Crippen molar-refractivity contribution in [3.8, 4) is 0 Å². The molecule has 12 heteroatoms. The summed E-state index contributed by atoms with van der Waals surface area (Å²) in [6.45, 7) is 10.2. The lowest BCUT2D eigenvalue weighted by Crippen LogP contribution is -2.68. The number of nitrogens with zero attached hydrogens (tertiary/aromatic N) is 1. The summed E-state index contributed by atoms with van der Waals surface area (Å²) in [6.07, 6.45) is -0.349. The second-order valence-corrected chi connectivity index (χ2v) is 15.4. The van der Waals surface area contributed by atoms with E-state index in [1.54, 1.807) is 26.1 Å². The summed E-state index contributed by atoms with van der Waals surface area (Å²) >= 11 is 0. The number of benzene rings is 1. The van der Waals surface area contributed by atoms with E-state index in [9.17, 15) is 24.0 Å². The van der Waals surface area contributed by atoms with Crippen LogP contribution in [0.15, 0.2) is 66.0 Å². The number of epoxide rings is 1. The molecule has 12 nitrogen and oxygen atoms in total. The van der Waals surface area contributed by atoms with Crippen molar-refractivity contribution in [3.05, 3.63) is 77.1 Å². The first-order valence-electron chi connectivity index (χ1n) is 17.9. The third kappa shape index (κ3) is 6.67. The van der Waals surface area contributed by atoms with Gasteiger partial charge in [-0.2, -0.15) is 0 Å². The lowest BCUT2D eigenvalue weighted by molar-refractivity contribution is -0.220. The van der Waals surface area contributed by atoms with Crippen LogP contribution in [-0.4, -0.2) is 78.3 Å². The number of esters is 4. The Morgan fingerprint density at radius 1 is 0.981 bits per heavy atom. The summed E-state index contributed by atoms with van der Waals surface area (Å²) in [4.78, 5) is 71.6. The molecule has 6 rings (SSSR count). The van der Waals surface area contributed by atoms with E-state index in [1.165, 1.54) is 26.2 Å². The maximum atomic E-state index is 14.0. The number of ether oxygens (including phenoxy) is 5. The highest BCUT2D eigenvalue weighted by Crippen LogP contribution is 2.65. The fraction of sp³-hybridized carbons (Fsp3) is 0.550. The van der Waals surface area contributed by atoms with Gasteiger partial charge in [-0.15, -0.1) is 0 Å². The predicted octanol–water partition coefficient (Wildman–Crippen LogP) is 4.86. The number of pyridine rings is 1. The van der Waals surface area contributed by atoms with Crippen molar-refractivity contribution in [1.29, 1.82) is 0 Å². The zero-order valence-electron chi connectivity index (χ0n) is 30.8. The summed E-state index contributed by atoms with van der Waals surface area (Å²) in [5.74, 6) is -3.85. The van der Waals surface area contributed by atoms with E-state index in [2.05, 4.69) is 10.3 Å². The molecular weight excluding hydrogens is 668 g/mol. The number of carbonyl (C=O) groups excluding carboxylic acids is 5. The molecular formula is C40H48N2O10. The summed E-state index contributed by atoms with van der Waals surface area (Å²) in [5, 5.41) is 3.20. The van der Waals surface area contributed by atoms with Gasteiger partial charge in [0, 0.05) is 56.0 Å². The zero-order valence-corrected chi connectivity index (χ0v) is 30.8. The van der Waals surface area contributed by atoms with Crippen LogP contribution in [0.4, 0.5) is 0 Å². The second-order valence-electron chi connectivity index (χ2n) is 15.4. The Kier molecular flexibility index (Phi) is 10.2. The van der Waals surface area contributed by atoms with E-state index in [0.717, 1.165) is 5.56 Å². The lowest BCUT2D eigenvalue weighted by atomic mass is 9.48. The van der Waals surface area contributed by atoms with Gasteiger partial charge in [-0.25, -0.2) is 4.79 Å². The van der Waals surface area contributed by atoms with Crippen LogP contribution < -0.4 is 5.32 Å². The first-order valence-corrected chi connectivity index (χ1v) is 17.9. The van der Waals surface area contributed by atoms with Crippen LogP contribution in [0.25, 0.3) is 0 Å². The van der Waals surface area contributed by atoms with Gasteiger partial charge in [-0.3, -0.25) is 24.2 Å². The molecule has 0 unspecified atom stereocenters.